The van der Waals surface area contributed by atoms with E-state index >= 15 is 0 Å². The lowest BCUT2D eigenvalue weighted by atomic mass is 9.65. The second-order valence-electron chi connectivity index (χ2n) is 11.4. The van der Waals surface area contributed by atoms with Gasteiger partial charge in [0.05, 0.1) is 0 Å². The van der Waals surface area contributed by atoms with E-state index in [9.17, 15) is 14.4 Å². The maximum atomic E-state index is 13.1. The quantitative estimate of drug-likeness (QED) is 0.452. The van der Waals surface area contributed by atoms with Crippen molar-refractivity contribution < 1.29 is 19.1 Å². The summed E-state index contributed by atoms with van der Waals surface area (Å²) in [5.41, 5.74) is 0.198. The first-order chi connectivity index (χ1) is 17.1. The number of allylic oxidation sites excluding steroid dienone is 1. The van der Waals surface area contributed by atoms with Gasteiger partial charge in [0.1, 0.15) is 5.60 Å². The molecule has 1 fully saturated rings. The average molecular weight is 514 g/mol. The number of nitrogens with zero attached hydrogens (tertiary/aromatic N) is 2. The number of hydrogen-bond donors (Lipinski definition) is 1. The van der Waals surface area contributed by atoms with Gasteiger partial charge in [-0.2, -0.15) is 0 Å². The lowest BCUT2D eigenvalue weighted by molar-refractivity contribution is -0.113. The molecule has 206 valence electrons. The molecule has 1 saturated heterocycles. The molecule has 7 nitrogen and oxygen atoms in total. The highest BCUT2D eigenvalue weighted by Gasteiger charge is 2.45. The van der Waals surface area contributed by atoms with Gasteiger partial charge in [-0.05, 0) is 75.3 Å². The summed E-state index contributed by atoms with van der Waals surface area (Å²) in [4.78, 5) is 41.4. The van der Waals surface area contributed by atoms with Gasteiger partial charge in [0.15, 0.2) is 0 Å². The molecule has 2 rings (SSSR count). The van der Waals surface area contributed by atoms with Crippen molar-refractivity contribution in [3.8, 4) is 0 Å². The summed E-state index contributed by atoms with van der Waals surface area (Å²) in [7, 11) is 0. The predicted octanol–water partition coefficient (Wildman–Crippen LogP) is 6.56. The van der Waals surface area contributed by atoms with Crippen molar-refractivity contribution in [1.29, 1.82) is 0 Å². The lowest BCUT2D eigenvalue weighted by Crippen LogP contribution is -2.47. The van der Waals surface area contributed by atoms with Gasteiger partial charge < -0.3 is 15.0 Å². The highest BCUT2D eigenvalue weighted by atomic mass is 16.6. The normalized spacial score (nSPS) is 18.6. The fraction of sp³-hybridized carbons (Fsp3) is 0.567. The molecule has 0 bridgehead atoms. The Hall–Kier alpha value is -3.09. The van der Waals surface area contributed by atoms with E-state index in [2.05, 4.69) is 39.6 Å². The minimum absolute atomic E-state index is 0.135. The van der Waals surface area contributed by atoms with Gasteiger partial charge in [-0.15, -0.1) is 0 Å². The zero-order valence-electron chi connectivity index (χ0n) is 24.5. The van der Waals surface area contributed by atoms with E-state index in [1.807, 2.05) is 41.5 Å². The predicted molar refractivity (Wildman–Crippen MR) is 152 cm³/mol. The van der Waals surface area contributed by atoms with Crippen molar-refractivity contribution in [2.75, 3.05) is 18.0 Å². The maximum Gasteiger partial charge on any atom is 0.410 e. The van der Waals surface area contributed by atoms with E-state index in [-0.39, 0.29) is 34.8 Å². The average Bonchev–Trinajstić information content (AvgIpc) is 2.90. The van der Waals surface area contributed by atoms with Crippen LogP contribution >= 0.6 is 0 Å². The van der Waals surface area contributed by atoms with E-state index in [0.29, 0.717) is 30.8 Å². The van der Waals surface area contributed by atoms with Crippen molar-refractivity contribution in [1.82, 2.24) is 10.2 Å². The number of hydrogen-bond acceptors (Lipinski definition) is 4. The summed E-state index contributed by atoms with van der Waals surface area (Å²) in [5.74, 6) is -0.486. The topological polar surface area (TPSA) is 79.0 Å². The molecule has 37 heavy (non-hydrogen) atoms. The van der Waals surface area contributed by atoms with Gasteiger partial charge in [0, 0.05) is 36.6 Å². The maximum absolute atomic E-state index is 13.1. The van der Waals surface area contributed by atoms with Crippen LogP contribution in [-0.2, 0) is 9.53 Å². The number of amides is 3. The van der Waals surface area contributed by atoms with Crippen LogP contribution in [0.15, 0.2) is 49.2 Å². The Morgan fingerprint density at radius 2 is 1.65 bits per heavy atom. The molecule has 0 spiro atoms. The number of nitrogens with one attached hydrogen (secondary N) is 1. The monoisotopic (exact) mass is 513 g/mol. The molecular formula is C30H47N3O4. The summed E-state index contributed by atoms with van der Waals surface area (Å²) in [6, 6.07) is 6.59. The summed E-state index contributed by atoms with van der Waals surface area (Å²) in [6.45, 7) is 24.5. The van der Waals surface area contributed by atoms with E-state index in [0.717, 1.165) is 0 Å². The molecule has 0 aromatic heterocycles. The van der Waals surface area contributed by atoms with Gasteiger partial charge in [-0.3, -0.25) is 14.5 Å². The first-order valence-electron chi connectivity index (χ1n) is 13.1. The number of ether oxygens (including phenoxy) is 1. The van der Waals surface area contributed by atoms with Crippen molar-refractivity contribution in [2.45, 2.75) is 87.3 Å². The number of carbonyl (C=O) groups excluding carboxylic acids is 3. The molecule has 0 saturated carbocycles. The van der Waals surface area contributed by atoms with Gasteiger partial charge in [-0.1, -0.05) is 54.2 Å². The Kier molecular flexibility index (Phi) is 11.2. The Morgan fingerprint density at radius 1 is 1.08 bits per heavy atom. The van der Waals surface area contributed by atoms with Crippen LogP contribution in [0.4, 0.5) is 10.5 Å². The third kappa shape index (κ3) is 8.76. The second kappa shape index (κ2) is 12.9. The number of carbonyl (C=O) groups is 3. The van der Waals surface area contributed by atoms with Gasteiger partial charge in [0.2, 0.25) is 0 Å². The van der Waals surface area contributed by atoms with E-state index in [1.54, 1.807) is 41.4 Å². The van der Waals surface area contributed by atoms with Gasteiger partial charge >= 0.3 is 6.09 Å². The van der Waals surface area contributed by atoms with Crippen molar-refractivity contribution in [3.05, 3.63) is 54.8 Å². The zero-order valence-corrected chi connectivity index (χ0v) is 24.5. The number of rotatable bonds is 5. The molecule has 1 aromatic rings. The molecular weight excluding hydrogens is 466 g/mol. The van der Waals surface area contributed by atoms with Crippen LogP contribution in [-0.4, -0.2) is 47.5 Å². The molecule has 7 heteroatoms. The number of likely N-dealkylation sites (tertiary alicyclic amines) is 1. The molecule has 0 aliphatic carbocycles. The highest BCUT2D eigenvalue weighted by Crippen LogP contribution is 2.45. The van der Waals surface area contributed by atoms with Crippen molar-refractivity contribution in [2.24, 2.45) is 10.8 Å². The van der Waals surface area contributed by atoms with E-state index in [1.165, 1.54) is 11.0 Å². The Morgan fingerprint density at radius 3 is 2.14 bits per heavy atom. The summed E-state index contributed by atoms with van der Waals surface area (Å²) >= 11 is 0. The molecule has 1 unspecified atom stereocenters. The second-order valence-corrected chi connectivity index (χ2v) is 11.4. The Bertz CT molecular complexity index is 972. The third-order valence-electron chi connectivity index (χ3n) is 6.72. The third-order valence-corrected chi connectivity index (χ3v) is 6.72. The first-order valence-corrected chi connectivity index (χ1v) is 13.1. The summed E-state index contributed by atoms with van der Waals surface area (Å²) in [6.07, 6.45) is 4.99. The highest BCUT2D eigenvalue weighted by molar-refractivity contribution is 6.03. The fourth-order valence-electron chi connectivity index (χ4n) is 4.12. The smallest absolute Gasteiger partial charge is 0.410 e. The number of anilines is 1. The SMILES string of the molecule is C=CC(=O)N(/C=C\C)c1ccc(C(=O)NC2CN(C(=O)OC(C)(C)C)CC(C)(C)C(C)(C)C2)cc1.CC. The molecule has 1 aliphatic heterocycles. The summed E-state index contributed by atoms with van der Waals surface area (Å²) in [5, 5.41) is 3.12. The first kappa shape index (κ1) is 31.9. The zero-order chi connectivity index (χ0) is 28.6. The molecule has 0 radical (unpaired) electrons. The van der Waals surface area contributed by atoms with Crippen LogP contribution in [0.5, 0.6) is 0 Å². The molecule has 3 amide bonds. The number of benzene rings is 1. The van der Waals surface area contributed by atoms with E-state index in [4.69, 9.17) is 4.74 Å². The largest absolute Gasteiger partial charge is 0.444 e. The molecule has 1 aliphatic rings. The Balaban J connectivity index is 0.00000334. The minimum Gasteiger partial charge on any atom is -0.444 e. The van der Waals surface area contributed by atoms with Crippen LogP contribution in [0.1, 0.15) is 86.0 Å². The molecule has 1 atom stereocenters. The van der Waals surface area contributed by atoms with Crippen LogP contribution in [0.2, 0.25) is 0 Å². The molecule has 1 aromatic carbocycles. The van der Waals surface area contributed by atoms with Crippen LogP contribution in [0.25, 0.3) is 0 Å². The standard InChI is InChI=1S/C28H41N3O4.C2H6/c1-10-16-31(23(32)11-2)22-14-12-20(13-15-22)24(33)29-21-17-27(6,7)28(8,9)19-30(18-21)25(34)35-26(3,4)5;1-2/h10-16,21H,2,17-19H2,1,3-9H3,(H,29,33);1-2H3/b16-10-;. The fourth-order valence-corrected chi connectivity index (χ4v) is 4.12. The van der Waals surface area contributed by atoms with Crippen LogP contribution in [0.3, 0.4) is 0 Å². The summed E-state index contributed by atoms with van der Waals surface area (Å²) < 4.78 is 5.65. The lowest BCUT2D eigenvalue weighted by Gasteiger charge is -2.42. The van der Waals surface area contributed by atoms with Crippen LogP contribution in [0, 0.1) is 10.8 Å². The van der Waals surface area contributed by atoms with Crippen molar-refractivity contribution >= 4 is 23.6 Å². The van der Waals surface area contributed by atoms with Gasteiger partial charge in [0.25, 0.3) is 11.8 Å². The van der Waals surface area contributed by atoms with Gasteiger partial charge in [-0.25, -0.2) is 4.79 Å². The molecule has 1 N–H and O–H groups in total. The molecule has 1 heterocycles. The van der Waals surface area contributed by atoms with E-state index < -0.39 is 5.60 Å². The Labute approximate surface area is 223 Å². The van der Waals surface area contributed by atoms with Crippen molar-refractivity contribution in [3.63, 3.8) is 0 Å². The minimum atomic E-state index is -0.600. The van der Waals surface area contributed by atoms with Crippen LogP contribution < -0.4 is 10.2 Å².